The monoisotopic (exact) mass is 276 g/mol. The van der Waals surface area contributed by atoms with Crippen LogP contribution >= 0.6 is 27.5 Å². The number of halogens is 2. The molecule has 0 heterocycles. The van der Waals surface area contributed by atoms with E-state index in [-0.39, 0.29) is 12.4 Å². The second-order valence-electron chi connectivity index (χ2n) is 2.80. The van der Waals surface area contributed by atoms with Gasteiger partial charge < -0.3 is 4.74 Å². The summed E-state index contributed by atoms with van der Waals surface area (Å²) >= 11 is 9.18. The largest absolute Gasteiger partial charge is 0.469 e. The van der Waals surface area contributed by atoms with Gasteiger partial charge in [-0.1, -0.05) is 33.6 Å². The summed E-state index contributed by atoms with van der Waals surface area (Å²) in [4.78, 5) is 11.1. The third-order valence-electron chi connectivity index (χ3n) is 1.87. The van der Waals surface area contributed by atoms with Crippen LogP contribution in [0.25, 0.3) is 0 Å². The molecule has 76 valence electrons. The molecule has 0 amide bonds. The maximum absolute atomic E-state index is 11.1. The molecular weight excluding hydrogens is 267 g/mol. The first kappa shape index (κ1) is 11.5. The molecule has 0 bridgehead atoms. The van der Waals surface area contributed by atoms with Gasteiger partial charge in [-0.3, -0.25) is 4.79 Å². The summed E-state index contributed by atoms with van der Waals surface area (Å²) in [6.07, 6.45) is 0.262. The van der Waals surface area contributed by atoms with Crippen LogP contribution in [0, 0.1) is 0 Å². The highest BCUT2D eigenvalue weighted by atomic mass is 79.9. The van der Waals surface area contributed by atoms with Crippen molar-refractivity contribution in [1.29, 1.82) is 0 Å². The second-order valence-corrected chi connectivity index (χ2v) is 3.80. The average molecular weight is 278 g/mol. The number of carbonyl (C=O) groups is 1. The number of ether oxygens (including phenoxy) is 1. The molecule has 0 aliphatic rings. The average Bonchev–Trinajstić information content (AvgIpc) is 2.18. The predicted molar refractivity (Wildman–Crippen MR) is 59.8 cm³/mol. The lowest BCUT2D eigenvalue weighted by atomic mass is 10.1. The normalized spacial score (nSPS) is 9.93. The molecule has 0 aliphatic heterocycles. The van der Waals surface area contributed by atoms with Gasteiger partial charge in [-0.05, 0) is 23.3 Å². The van der Waals surface area contributed by atoms with Gasteiger partial charge in [-0.2, -0.15) is 0 Å². The van der Waals surface area contributed by atoms with Gasteiger partial charge in [0, 0.05) is 10.4 Å². The molecule has 0 radical (unpaired) electrons. The first-order chi connectivity index (χ1) is 6.67. The van der Waals surface area contributed by atoms with E-state index in [9.17, 15) is 4.79 Å². The molecule has 0 atom stereocenters. The van der Waals surface area contributed by atoms with Crippen LogP contribution in [0.5, 0.6) is 0 Å². The lowest BCUT2D eigenvalue weighted by Crippen LogP contribution is -2.06. The highest BCUT2D eigenvalue weighted by Gasteiger charge is 2.07. The highest BCUT2D eigenvalue weighted by molar-refractivity contribution is 9.08. The Balaban J connectivity index is 2.93. The number of alkyl halides is 1. The van der Waals surface area contributed by atoms with Crippen LogP contribution in [-0.4, -0.2) is 13.1 Å². The van der Waals surface area contributed by atoms with Crippen LogP contribution in [0.1, 0.15) is 11.1 Å². The smallest absolute Gasteiger partial charge is 0.309 e. The molecule has 0 saturated carbocycles. The number of carbonyl (C=O) groups excluding carboxylic acids is 1. The standard InChI is InChI=1S/C10H10BrClO2/c1-14-10(13)5-8-4-9(12)3-2-7(8)6-11/h2-4H,5-6H2,1H3. The van der Waals surface area contributed by atoms with E-state index in [1.807, 2.05) is 6.07 Å². The maximum atomic E-state index is 11.1. The predicted octanol–water partition coefficient (Wildman–Crippen LogP) is 2.95. The number of rotatable bonds is 3. The van der Waals surface area contributed by atoms with E-state index in [1.54, 1.807) is 12.1 Å². The van der Waals surface area contributed by atoms with E-state index < -0.39 is 0 Å². The van der Waals surface area contributed by atoms with Gasteiger partial charge in [0.25, 0.3) is 0 Å². The lowest BCUT2D eigenvalue weighted by molar-refractivity contribution is -0.139. The number of benzene rings is 1. The van der Waals surface area contributed by atoms with E-state index in [0.29, 0.717) is 10.4 Å². The Morgan fingerprint density at radius 3 is 2.79 bits per heavy atom. The minimum atomic E-state index is -0.255. The maximum Gasteiger partial charge on any atom is 0.309 e. The van der Waals surface area contributed by atoms with E-state index in [0.717, 1.165) is 11.1 Å². The molecule has 1 aromatic carbocycles. The summed E-state index contributed by atoms with van der Waals surface area (Å²) in [5, 5.41) is 1.34. The topological polar surface area (TPSA) is 26.3 Å². The third-order valence-corrected chi connectivity index (χ3v) is 2.71. The van der Waals surface area contributed by atoms with E-state index >= 15 is 0 Å². The zero-order chi connectivity index (χ0) is 10.6. The molecule has 1 aromatic rings. The van der Waals surface area contributed by atoms with Crippen molar-refractivity contribution < 1.29 is 9.53 Å². The summed E-state index contributed by atoms with van der Waals surface area (Å²) in [5.74, 6) is -0.255. The number of hydrogen-bond acceptors (Lipinski definition) is 2. The molecule has 0 fully saturated rings. The molecule has 0 spiro atoms. The minimum absolute atomic E-state index is 0.255. The molecule has 2 nitrogen and oxygen atoms in total. The quantitative estimate of drug-likeness (QED) is 0.627. The number of esters is 1. The Morgan fingerprint density at radius 2 is 2.21 bits per heavy atom. The van der Waals surface area contributed by atoms with Crippen LogP contribution in [-0.2, 0) is 21.3 Å². The molecule has 0 saturated heterocycles. The first-order valence-corrected chi connectivity index (χ1v) is 5.57. The van der Waals surface area contributed by atoms with Crippen molar-refractivity contribution in [3.8, 4) is 0 Å². The summed E-state index contributed by atoms with van der Waals surface area (Å²) in [6.45, 7) is 0. The van der Waals surface area contributed by atoms with E-state index in [1.165, 1.54) is 7.11 Å². The van der Waals surface area contributed by atoms with E-state index in [4.69, 9.17) is 11.6 Å². The third kappa shape index (κ3) is 3.00. The molecule has 14 heavy (non-hydrogen) atoms. The van der Waals surface area contributed by atoms with Crippen molar-refractivity contribution in [3.05, 3.63) is 34.3 Å². The van der Waals surface area contributed by atoms with Crippen molar-refractivity contribution in [1.82, 2.24) is 0 Å². The van der Waals surface area contributed by atoms with Gasteiger partial charge in [0.1, 0.15) is 0 Å². The molecule has 0 unspecified atom stereocenters. The van der Waals surface area contributed by atoms with Crippen molar-refractivity contribution >= 4 is 33.5 Å². The Hall–Kier alpha value is -0.540. The molecular formula is C10H10BrClO2. The molecule has 0 aliphatic carbocycles. The Labute approximate surface area is 96.3 Å². The highest BCUT2D eigenvalue weighted by Crippen LogP contribution is 2.19. The van der Waals surface area contributed by atoms with Gasteiger partial charge in [0.15, 0.2) is 0 Å². The Kier molecular flexibility index (Phi) is 4.42. The van der Waals surface area contributed by atoms with E-state index in [2.05, 4.69) is 20.7 Å². The number of methoxy groups -OCH3 is 1. The van der Waals surface area contributed by atoms with Crippen molar-refractivity contribution in [2.24, 2.45) is 0 Å². The number of hydrogen-bond donors (Lipinski definition) is 0. The van der Waals surface area contributed by atoms with Crippen molar-refractivity contribution in [2.75, 3.05) is 7.11 Å². The zero-order valence-electron chi connectivity index (χ0n) is 7.72. The second kappa shape index (κ2) is 5.37. The summed E-state index contributed by atoms with van der Waals surface area (Å²) in [6, 6.07) is 5.49. The van der Waals surface area contributed by atoms with Crippen LogP contribution in [0.4, 0.5) is 0 Å². The Morgan fingerprint density at radius 1 is 1.50 bits per heavy atom. The van der Waals surface area contributed by atoms with Gasteiger partial charge in [0.05, 0.1) is 13.5 Å². The molecule has 4 heteroatoms. The molecule has 0 N–H and O–H groups in total. The Bertz CT molecular complexity index is 339. The summed E-state index contributed by atoms with van der Waals surface area (Å²) < 4.78 is 4.60. The van der Waals surface area contributed by atoms with Gasteiger partial charge in [-0.25, -0.2) is 0 Å². The fourth-order valence-electron chi connectivity index (χ4n) is 1.12. The fourth-order valence-corrected chi connectivity index (χ4v) is 1.86. The van der Waals surface area contributed by atoms with Crippen LogP contribution in [0.2, 0.25) is 5.02 Å². The van der Waals surface area contributed by atoms with Crippen LogP contribution in [0.15, 0.2) is 18.2 Å². The van der Waals surface area contributed by atoms with Gasteiger partial charge in [0.2, 0.25) is 0 Å². The van der Waals surface area contributed by atoms with Gasteiger partial charge in [-0.15, -0.1) is 0 Å². The zero-order valence-corrected chi connectivity index (χ0v) is 10.1. The molecule has 1 rings (SSSR count). The van der Waals surface area contributed by atoms with Crippen LogP contribution < -0.4 is 0 Å². The summed E-state index contributed by atoms with van der Waals surface area (Å²) in [5.41, 5.74) is 1.96. The lowest BCUT2D eigenvalue weighted by Gasteiger charge is -2.06. The molecule has 0 aromatic heterocycles. The van der Waals surface area contributed by atoms with Gasteiger partial charge >= 0.3 is 5.97 Å². The fraction of sp³-hybridized carbons (Fsp3) is 0.300. The first-order valence-electron chi connectivity index (χ1n) is 4.07. The summed E-state index contributed by atoms with van der Waals surface area (Å²) in [7, 11) is 1.38. The SMILES string of the molecule is COC(=O)Cc1cc(Cl)ccc1CBr. The van der Waals surface area contributed by atoms with Crippen molar-refractivity contribution in [2.45, 2.75) is 11.8 Å². The van der Waals surface area contributed by atoms with Crippen molar-refractivity contribution in [3.63, 3.8) is 0 Å². The minimum Gasteiger partial charge on any atom is -0.469 e. The van der Waals surface area contributed by atoms with Crippen LogP contribution in [0.3, 0.4) is 0 Å².